The highest BCUT2D eigenvalue weighted by atomic mass is 16.1. The van der Waals surface area contributed by atoms with E-state index in [9.17, 15) is 9.59 Å². The molecule has 1 saturated heterocycles. The molecule has 0 aromatic rings. The Morgan fingerprint density at radius 3 is 2.40 bits per heavy atom. The number of rotatable bonds is 14. The molecule has 9 heteroatoms. The van der Waals surface area contributed by atoms with Gasteiger partial charge in [0, 0.05) is 25.9 Å². The minimum absolute atomic E-state index is 0.0298. The van der Waals surface area contributed by atoms with Crippen molar-refractivity contribution < 1.29 is 9.59 Å². The number of likely N-dealkylation sites (N-methyl/N-ethyl adjacent to an activating group) is 1. The van der Waals surface area contributed by atoms with Crippen LogP contribution in [0.4, 0.5) is 0 Å². The first-order valence-electron chi connectivity index (χ1n) is 8.83. The molecule has 1 aliphatic heterocycles. The number of hydrazine groups is 1. The average molecular weight is 355 g/mol. The van der Waals surface area contributed by atoms with E-state index >= 15 is 0 Å². The molecule has 25 heavy (non-hydrogen) atoms. The van der Waals surface area contributed by atoms with E-state index in [4.69, 9.17) is 11.1 Å². The Labute approximate surface area is 149 Å². The van der Waals surface area contributed by atoms with Crippen LogP contribution in [0, 0.1) is 5.41 Å². The maximum atomic E-state index is 12.3. The topological polar surface area (TPSA) is 164 Å². The molecule has 2 atom stereocenters. The van der Waals surface area contributed by atoms with Gasteiger partial charge in [-0.15, -0.1) is 0 Å². The largest absolute Gasteiger partial charge is 0.370 e. The molecule has 1 fully saturated rings. The third-order valence-corrected chi connectivity index (χ3v) is 4.39. The summed E-state index contributed by atoms with van der Waals surface area (Å²) in [5, 5.41) is 16.1. The van der Waals surface area contributed by atoms with Crippen molar-refractivity contribution in [1.29, 1.82) is 5.41 Å². The second kappa shape index (κ2) is 10.4. The van der Waals surface area contributed by atoms with Crippen LogP contribution in [0.2, 0.25) is 0 Å². The van der Waals surface area contributed by atoms with Crippen molar-refractivity contribution in [3.8, 4) is 0 Å². The summed E-state index contributed by atoms with van der Waals surface area (Å²) in [4.78, 5) is 24.0. The number of guanidine groups is 1. The maximum Gasteiger partial charge on any atom is 0.185 e. The summed E-state index contributed by atoms with van der Waals surface area (Å²) >= 11 is 0. The summed E-state index contributed by atoms with van der Waals surface area (Å²) in [7, 11) is 1.79. The Morgan fingerprint density at radius 1 is 1.20 bits per heavy atom. The molecular weight excluding hydrogens is 322 g/mol. The van der Waals surface area contributed by atoms with Crippen LogP contribution in [0.15, 0.2) is 0 Å². The van der Waals surface area contributed by atoms with Gasteiger partial charge in [-0.05, 0) is 40.2 Å². The minimum Gasteiger partial charge on any atom is -0.370 e. The lowest BCUT2D eigenvalue weighted by Crippen LogP contribution is -2.42. The van der Waals surface area contributed by atoms with Gasteiger partial charge >= 0.3 is 0 Å². The lowest BCUT2D eigenvalue weighted by molar-refractivity contribution is -0.122. The lowest BCUT2D eigenvalue weighted by Gasteiger charge is -2.19. The fourth-order valence-electron chi connectivity index (χ4n) is 2.68. The van der Waals surface area contributed by atoms with Crippen molar-refractivity contribution in [2.45, 2.75) is 63.7 Å². The Morgan fingerprint density at radius 2 is 1.88 bits per heavy atom. The Hall–Kier alpha value is -1.55. The molecule has 0 aromatic carbocycles. The normalized spacial score (nSPS) is 17.6. The smallest absolute Gasteiger partial charge is 0.185 e. The van der Waals surface area contributed by atoms with E-state index in [1.54, 1.807) is 14.0 Å². The number of carbonyl (C=O) groups excluding carboxylic acids is 2. The standard InChI is InChI=1S/C16H33N7O2/c1-11(24)13(10-16(2)22-23-16)20-9-7-14(25)12(19-3)6-4-5-8-21-15(17)18/h12-13,19-20,22-23H,4-10H2,1-3H3,(H4,17,18,21)/t12-,13-/m0/s1. The molecule has 0 saturated carbocycles. The number of carbonyl (C=O) groups is 2. The molecule has 1 heterocycles. The van der Waals surface area contributed by atoms with E-state index in [0.717, 1.165) is 19.3 Å². The summed E-state index contributed by atoms with van der Waals surface area (Å²) in [5.41, 5.74) is 11.1. The molecule has 0 radical (unpaired) electrons. The summed E-state index contributed by atoms with van der Waals surface area (Å²) < 4.78 is 0. The van der Waals surface area contributed by atoms with Gasteiger partial charge in [0.2, 0.25) is 0 Å². The minimum atomic E-state index is -0.258. The zero-order valence-electron chi connectivity index (χ0n) is 15.5. The number of ketones is 2. The van der Waals surface area contributed by atoms with E-state index in [1.807, 2.05) is 6.92 Å². The van der Waals surface area contributed by atoms with Crippen molar-refractivity contribution in [1.82, 2.24) is 26.8 Å². The monoisotopic (exact) mass is 355 g/mol. The number of hydrogen-bond acceptors (Lipinski definition) is 7. The van der Waals surface area contributed by atoms with Gasteiger partial charge < -0.3 is 21.7 Å². The predicted molar refractivity (Wildman–Crippen MR) is 98.0 cm³/mol. The highest BCUT2D eigenvalue weighted by Gasteiger charge is 2.39. The van der Waals surface area contributed by atoms with Gasteiger partial charge in [-0.1, -0.05) is 0 Å². The molecule has 0 aliphatic carbocycles. The van der Waals surface area contributed by atoms with Gasteiger partial charge in [0.15, 0.2) is 11.7 Å². The lowest BCUT2D eigenvalue weighted by atomic mass is 10.0. The van der Waals surface area contributed by atoms with Gasteiger partial charge in [0.25, 0.3) is 0 Å². The number of hydrogen-bond donors (Lipinski definition) is 7. The summed E-state index contributed by atoms with van der Waals surface area (Å²) in [6.07, 6.45) is 3.51. The molecule has 1 aliphatic rings. The molecule has 144 valence electrons. The quantitative estimate of drug-likeness (QED) is 0.0897. The van der Waals surface area contributed by atoms with Crippen molar-refractivity contribution in [2.75, 3.05) is 20.1 Å². The van der Waals surface area contributed by atoms with Crippen LogP contribution in [-0.4, -0.2) is 55.4 Å². The molecule has 0 aromatic heterocycles. The second-order valence-electron chi connectivity index (χ2n) is 6.80. The van der Waals surface area contributed by atoms with Gasteiger partial charge in [0.05, 0.1) is 17.7 Å². The van der Waals surface area contributed by atoms with E-state index in [2.05, 4.69) is 26.8 Å². The zero-order valence-corrected chi connectivity index (χ0v) is 15.5. The third kappa shape index (κ3) is 8.92. The number of nitrogens with two attached hydrogens (primary N) is 1. The first-order chi connectivity index (χ1) is 11.8. The average Bonchev–Trinajstić information content (AvgIpc) is 3.26. The summed E-state index contributed by atoms with van der Waals surface area (Å²) in [5.74, 6) is 0.191. The van der Waals surface area contributed by atoms with E-state index < -0.39 is 0 Å². The van der Waals surface area contributed by atoms with Crippen LogP contribution in [0.25, 0.3) is 0 Å². The second-order valence-corrected chi connectivity index (χ2v) is 6.80. The van der Waals surface area contributed by atoms with Crippen LogP contribution in [-0.2, 0) is 9.59 Å². The van der Waals surface area contributed by atoms with Crippen molar-refractivity contribution in [3.05, 3.63) is 0 Å². The number of nitrogens with one attached hydrogen (secondary N) is 6. The number of unbranched alkanes of at least 4 members (excludes halogenated alkanes) is 1. The van der Waals surface area contributed by atoms with Crippen molar-refractivity contribution >= 4 is 17.5 Å². The Bertz CT molecular complexity index is 465. The van der Waals surface area contributed by atoms with Gasteiger partial charge in [-0.3, -0.25) is 15.0 Å². The molecule has 0 bridgehead atoms. The molecular formula is C16H33N7O2. The summed E-state index contributed by atoms with van der Waals surface area (Å²) in [6, 6.07) is -0.440. The maximum absolute atomic E-state index is 12.3. The number of Topliss-reactive ketones (excluding diaryl/α,β-unsaturated/α-hetero) is 2. The van der Waals surface area contributed by atoms with Crippen LogP contribution in [0.1, 0.15) is 46.0 Å². The van der Waals surface area contributed by atoms with Crippen molar-refractivity contribution in [2.24, 2.45) is 5.73 Å². The van der Waals surface area contributed by atoms with Gasteiger partial charge in [-0.25, -0.2) is 10.9 Å². The molecule has 0 amide bonds. The Balaban J connectivity index is 2.25. The first kappa shape index (κ1) is 21.5. The van der Waals surface area contributed by atoms with Gasteiger partial charge in [0.1, 0.15) is 5.78 Å². The van der Waals surface area contributed by atoms with E-state index in [0.29, 0.717) is 25.9 Å². The van der Waals surface area contributed by atoms with Crippen LogP contribution in [0.5, 0.6) is 0 Å². The SMILES string of the molecule is CN[C@@H](CCCCNC(=N)N)C(=O)CCN[C@@H](CC1(C)NN1)C(C)=O. The highest BCUT2D eigenvalue weighted by molar-refractivity contribution is 5.84. The fourth-order valence-corrected chi connectivity index (χ4v) is 2.68. The molecule has 0 spiro atoms. The molecule has 1 rings (SSSR count). The van der Waals surface area contributed by atoms with E-state index in [1.165, 1.54) is 0 Å². The van der Waals surface area contributed by atoms with Crippen LogP contribution in [0.3, 0.4) is 0 Å². The summed E-state index contributed by atoms with van der Waals surface area (Å²) in [6.45, 7) is 4.69. The Kier molecular flexibility index (Phi) is 8.98. The fraction of sp³-hybridized carbons (Fsp3) is 0.812. The first-order valence-corrected chi connectivity index (χ1v) is 8.83. The van der Waals surface area contributed by atoms with Crippen molar-refractivity contribution in [3.63, 3.8) is 0 Å². The third-order valence-electron chi connectivity index (χ3n) is 4.39. The van der Waals surface area contributed by atoms with Crippen LogP contribution < -0.4 is 32.5 Å². The van der Waals surface area contributed by atoms with Gasteiger partial charge in [-0.2, -0.15) is 0 Å². The molecule has 8 N–H and O–H groups in total. The molecule has 0 unspecified atom stereocenters. The van der Waals surface area contributed by atoms with E-state index in [-0.39, 0.29) is 35.3 Å². The zero-order chi connectivity index (χ0) is 18.9. The van der Waals surface area contributed by atoms with Crippen LogP contribution >= 0.6 is 0 Å². The molecule has 9 nitrogen and oxygen atoms in total. The predicted octanol–water partition coefficient (Wildman–Crippen LogP) is -1.05. The highest BCUT2D eigenvalue weighted by Crippen LogP contribution is 2.16.